The molecule has 1 aromatic heterocycles. The molecule has 5 nitrogen and oxygen atoms in total. The fourth-order valence-electron chi connectivity index (χ4n) is 1.29. The molecule has 0 aliphatic heterocycles. The molecule has 0 aliphatic carbocycles. The fraction of sp³-hybridized carbons (Fsp3) is 0.667. The molecule has 0 fully saturated rings. The highest BCUT2D eigenvalue weighted by atomic mass is 79.9. The third-order valence-electron chi connectivity index (χ3n) is 2.29. The molecule has 0 atom stereocenters. The number of nitrogens with zero attached hydrogens (tertiary/aromatic N) is 2. The molecule has 0 aliphatic rings. The number of unbranched alkanes of at least 4 members (excludes halogenated alkanes) is 2. The van der Waals surface area contributed by atoms with Gasteiger partial charge in [-0.25, -0.2) is 12.7 Å². The maximum atomic E-state index is 11.9. The number of halogens is 1. The van der Waals surface area contributed by atoms with Gasteiger partial charge in [-0.15, -0.1) is 0 Å². The van der Waals surface area contributed by atoms with E-state index in [4.69, 9.17) is 0 Å². The van der Waals surface area contributed by atoms with Crippen LogP contribution < -0.4 is 0 Å². The lowest BCUT2D eigenvalue weighted by Crippen LogP contribution is -2.27. The van der Waals surface area contributed by atoms with Gasteiger partial charge in [0, 0.05) is 25.1 Å². The Labute approximate surface area is 104 Å². The van der Waals surface area contributed by atoms with Crippen molar-refractivity contribution in [3.8, 4) is 0 Å². The number of aromatic amines is 1. The van der Waals surface area contributed by atoms with Crippen molar-refractivity contribution in [2.45, 2.75) is 24.2 Å². The van der Waals surface area contributed by atoms with Gasteiger partial charge >= 0.3 is 0 Å². The molecule has 0 aromatic carbocycles. The van der Waals surface area contributed by atoms with Crippen LogP contribution in [0.3, 0.4) is 0 Å². The molecule has 16 heavy (non-hydrogen) atoms. The largest absolute Gasteiger partial charge is 0.284 e. The average Bonchev–Trinajstić information content (AvgIpc) is 2.77. The van der Waals surface area contributed by atoms with E-state index in [0.717, 1.165) is 24.6 Å². The van der Waals surface area contributed by atoms with Crippen LogP contribution in [0.5, 0.6) is 0 Å². The van der Waals surface area contributed by atoms with Gasteiger partial charge in [-0.3, -0.25) is 5.10 Å². The summed E-state index contributed by atoms with van der Waals surface area (Å²) < 4.78 is 25.2. The summed E-state index contributed by atoms with van der Waals surface area (Å²) in [5.41, 5.74) is 0. The fourth-order valence-corrected chi connectivity index (χ4v) is 2.80. The number of hydrogen-bond acceptors (Lipinski definition) is 3. The first-order valence-corrected chi connectivity index (χ1v) is 7.66. The van der Waals surface area contributed by atoms with Crippen LogP contribution in [0.2, 0.25) is 0 Å². The molecule has 92 valence electrons. The summed E-state index contributed by atoms with van der Waals surface area (Å²) in [6.45, 7) is 0.542. The van der Waals surface area contributed by atoms with Gasteiger partial charge < -0.3 is 0 Å². The zero-order chi connectivity index (χ0) is 12.0. The van der Waals surface area contributed by atoms with Crippen molar-refractivity contribution >= 4 is 26.0 Å². The van der Waals surface area contributed by atoms with Crippen LogP contribution in [0.25, 0.3) is 0 Å². The molecule has 1 rings (SSSR count). The summed E-state index contributed by atoms with van der Waals surface area (Å²) in [5.74, 6) is 0. The highest BCUT2D eigenvalue weighted by Gasteiger charge is 2.20. The second-order valence-corrected chi connectivity index (χ2v) is 6.35. The van der Waals surface area contributed by atoms with Crippen molar-refractivity contribution in [2.75, 3.05) is 18.9 Å². The molecule has 0 spiro atoms. The van der Waals surface area contributed by atoms with E-state index >= 15 is 0 Å². The SMILES string of the molecule is CN(CCCCCBr)S(=O)(=O)c1cn[nH]c1. The number of nitrogens with one attached hydrogen (secondary N) is 1. The van der Waals surface area contributed by atoms with E-state index in [-0.39, 0.29) is 4.90 Å². The Bertz CT molecular complexity index is 391. The lowest BCUT2D eigenvalue weighted by atomic mass is 10.2. The smallest absolute Gasteiger partial charge is 0.245 e. The first-order chi connectivity index (χ1) is 7.59. The summed E-state index contributed by atoms with van der Waals surface area (Å²) in [7, 11) is -1.76. The van der Waals surface area contributed by atoms with Crippen molar-refractivity contribution in [1.82, 2.24) is 14.5 Å². The van der Waals surface area contributed by atoms with Crippen molar-refractivity contribution in [3.05, 3.63) is 12.4 Å². The normalized spacial score (nSPS) is 12.2. The minimum Gasteiger partial charge on any atom is -0.284 e. The number of sulfonamides is 1. The third kappa shape index (κ3) is 3.57. The molecule has 1 N–H and O–H groups in total. The summed E-state index contributed by atoms with van der Waals surface area (Å²) in [6.07, 6.45) is 5.68. The van der Waals surface area contributed by atoms with Gasteiger partial charge in [0.15, 0.2) is 0 Å². The van der Waals surface area contributed by atoms with Crippen LogP contribution in [0.4, 0.5) is 0 Å². The van der Waals surface area contributed by atoms with Crippen LogP contribution in [0, 0.1) is 0 Å². The monoisotopic (exact) mass is 309 g/mol. The van der Waals surface area contributed by atoms with E-state index in [0.29, 0.717) is 6.54 Å². The van der Waals surface area contributed by atoms with Crippen LogP contribution >= 0.6 is 15.9 Å². The van der Waals surface area contributed by atoms with E-state index < -0.39 is 10.0 Å². The molecule has 7 heteroatoms. The number of hydrogen-bond donors (Lipinski definition) is 1. The second kappa shape index (κ2) is 6.36. The Morgan fingerprint density at radius 1 is 1.44 bits per heavy atom. The molecule has 1 aromatic rings. The molecule has 0 radical (unpaired) electrons. The Hall–Kier alpha value is -0.400. The van der Waals surface area contributed by atoms with Crippen molar-refractivity contribution < 1.29 is 8.42 Å². The highest BCUT2D eigenvalue weighted by molar-refractivity contribution is 9.09. The minimum absolute atomic E-state index is 0.218. The maximum absolute atomic E-state index is 11.9. The highest BCUT2D eigenvalue weighted by Crippen LogP contribution is 2.12. The number of rotatable bonds is 7. The van der Waals surface area contributed by atoms with Crippen molar-refractivity contribution in [2.24, 2.45) is 0 Å². The minimum atomic E-state index is -3.35. The molecule has 0 bridgehead atoms. The van der Waals surface area contributed by atoms with Gasteiger partial charge in [-0.05, 0) is 12.8 Å². The molecule has 0 saturated heterocycles. The maximum Gasteiger partial charge on any atom is 0.245 e. The van der Waals surface area contributed by atoms with Crippen LogP contribution in [-0.4, -0.2) is 41.8 Å². The predicted octanol–water partition coefficient (Wildman–Crippen LogP) is 1.60. The molecule has 0 unspecified atom stereocenters. The van der Waals surface area contributed by atoms with Crippen LogP contribution in [0.1, 0.15) is 19.3 Å². The number of alkyl halides is 1. The van der Waals surface area contributed by atoms with E-state index in [9.17, 15) is 8.42 Å². The Balaban J connectivity index is 2.50. The summed E-state index contributed by atoms with van der Waals surface area (Å²) >= 11 is 3.34. The van der Waals surface area contributed by atoms with E-state index in [1.54, 1.807) is 7.05 Å². The Morgan fingerprint density at radius 3 is 2.75 bits per heavy atom. The zero-order valence-corrected chi connectivity index (χ0v) is 11.6. The van der Waals surface area contributed by atoms with E-state index in [1.165, 1.54) is 16.7 Å². The summed E-state index contributed by atoms with van der Waals surface area (Å²) in [5, 5.41) is 7.11. The summed E-state index contributed by atoms with van der Waals surface area (Å²) in [6, 6.07) is 0. The molecule has 0 saturated carbocycles. The lowest BCUT2D eigenvalue weighted by molar-refractivity contribution is 0.455. The first-order valence-electron chi connectivity index (χ1n) is 5.10. The van der Waals surface area contributed by atoms with Gasteiger partial charge in [0.25, 0.3) is 0 Å². The summed E-state index contributed by atoms with van der Waals surface area (Å²) in [4.78, 5) is 0.218. The topological polar surface area (TPSA) is 66.1 Å². The average molecular weight is 310 g/mol. The third-order valence-corrected chi connectivity index (χ3v) is 4.67. The van der Waals surface area contributed by atoms with Crippen LogP contribution in [-0.2, 0) is 10.0 Å². The van der Waals surface area contributed by atoms with Crippen molar-refractivity contribution in [1.29, 1.82) is 0 Å². The number of aromatic nitrogens is 2. The van der Waals surface area contributed by atoms with Crippen LogP contribution in [0.15, 0.2) is 17.3 Å². The lowest BCUT2D eigenvalue weighted by Gasteiger charge is -2.15. The zero-order valence-electron chi connectivity index (χ0n) is 9.19. The standard InChI is InChI=1S/C9H16BrN3O2S/c1-13(6-4-2-3-5-10)16(14,15)9-7-11-12-8-9/h7-8H,2-6H2,1H3,(H,11,12). The molecular weight excluding hydrogens is 294 g/mol. The van der Waals surface area contributed by atoms with E-state index in [1.807, 2.05) is 0 Å². The van der Waals surface area contributed by atoms with Crippen molar-refractivity contribution in [3.63, 3.8) is 0 Å². The Morgan fingerprint density at radius 2 is 2.19 bits per heavy atom. The van der Waals surface area contributed by atoms with E-state index in [2.05, 4.69) is 26.1 Å². The Kier molecular flexibility index (Phi) is 5.43. The van der Waals surface area contributed by atoms with Gasteiger partial charge in [-0.1, -0.05) is 22.4 Å². The molecule has 1 heterocycles. The van der Waals surface area contributed by atoms with Gasteiger partial charge in [0.2, 0.25) is 10.0 Å². The second-order valence-electron chi connectivity index (χ2n) is 3.51. The number of H-pyrrole nitrogens is 1. The van der Waals surface area contributed by atoms with Gasteiger partial charge in [-0.2, -0.15) is 5.10 Å². The molecular formula is C9H16BrN3O2S. The predicted molar refractivity (Wildman–Crippen MR) is 66.0 cm³/mol. The quantitative estimate of drug-likeness (QED) is 0.614. The van der Waals surface area contributed by atoms with Gasteiger partial charge in [0.05, 0.1) is 6.20 Å². The molecule has 0 amide bonds. The first kappa shape index (κ1) is 13.7. The van der Waals surface area contributed by atoms with Gasteiger partial charge in [0.1, 0.15) is 4.90 Å².